The van der Waals surface area contributed by atoms with Gasteiger partial charge < -0.3 is 9.64 Å². The summed E-state index contributed by atoms with van der Waals surface area (Å²) >= 11 is 0. The maximum Gasteiger partial charge on any atom is 0.291 e. The highest BCUT2D eigenvalue weighted by Gasteiger charge is 2.23. The van der Waals surface area contributed by atoms with E-state index in [9.17, 15) is 4.79 Å². The van der Waals surface area contributed by atoms with Crippen molar-refractivity contribution in [3.63, 3.8) is 0 Å². The Morgan fingerprint density at radius 1 is 1.27 bits per heavy atom. The first kappa shape index (κ1) is 14.5. The Kier molecular flexibility index (Phi) is 4.29. The van der Waals surface area contributed by atoms with Crippen LogP contribution >= 0.6 is 0 Å². The summed E-state index contributed by atoms with van der Waals surface area (Å²) in [5.74, 6) is 0.822. The number of aromatic amines is 1. The molecule has 0 spiro atoms. The van der Waals surface area contributed by atoms with Crippen LogP contribution in [-0.4, -0.2) is 69.2 Å². The molecule has 0 aromatic carbocycles. The topological polar surface area (TPSA) is 87.2 Å². The molecule has 0 unspecified atom stereocenters. The van der Waals surface area contributed by atoms with E-state index in [1.165, 1.54) is 6.33 Å². The van der Waals surface area contributed by atoms with Gasteiger partial charge in [-0.15, -0.1) is 0 Å². The lowest BCUT2D eigenvalue weighted by Crippen LogP contribution is -2.48. The van der Waals surface area contributed by atoms with E-state index < -0.39 is 0 Å². The fourth-order valence-corrected chi connectivity index (χ4v) is 2.45. The average molecular weight is 302 g/mol. The van der Waals surface area contributed by atoms with E-state index in [0.717, 1.165) is 25.2 Å². The Hall–Kier alpha value is -2.48. The Bertz CT molecular complexity index is 605. The molecule has 0 atom stereocenters. The van der Waals surface area contributed by atoms with Crippen LogP contribution in [0.25, 0.3) is 0 Å². The molecule has 1 amide bonds. The number of rotatable bonds is 4. The Morgan fingerprint density at radius 3 is 2.68 bits per heavy atom. The zero-order chi connectivity index (χ0) is 15.4. The molecule has 1 fully saturated rings. The monoisotopic (exact) mass is 302 g/mol. The quantitative estimate of drug-likeness (QED) is 0.866. The van der Waals surface area contributed by atoms with Crippen molar-refractivity contribution in [3.05, 3.63) is 36.0 Å². The molecule has 3 heterocycles. The van der Waals surface area contributed by atoms with Gasteiger partial charge in [0.1, 0.15) is 6.33 Å². The molecule has 1 aliphatic rings. The van der Waals surface area contributed by atoms with Crippen molar-refractivity contribution in [1.29, 1.82) is 0 Å². The fourth-order valence-electron chi connectivity index (χ4n) is 2.45. The van der Waals surface area contributed by atoms with Crippen molar-refractivity contribution in [2.75, 3.05) is 33.3 Å². The molecular formula is C14H18N6O2. The van der Waals surface area contributed by atoms with Gasteiger partial charge in [0, 0.05) is 45.0 Å². The Labute approximate surface area is 128 Å². The second-order valence-corrected chi connectivity index (χ2v) is 5.11. The lowest BCUT2D eigenvalue weighted by atomic mass is 10.2. The second-order valence-electron chi connectivity index (χ2n) is 5.11. The number of nitrogens with one attached hydrogen (secondary N) is 1. The van der Waals surface area contributed by atoms with E-state index in [0.29, 0.717) is 24.8 Å². The molecular weight excluding hydrogens is 284 g/mol. The lowest BCUT2D eigenvalue weighted by molar-refractivity contribution is 0.0617. The molecule has 2 aromatic rings. The molecule has 8 nitrogen and oxygen atoms in total. The van der Waals surface area contributed by atoms with Gasteiger partial charge in [-0.3, -0.25) is 14.8 Å². The van der Waals surface area contributed by atoms with E-state index in [1.54, 1.807) is 12.0 Å². The van der Waals surface area contributed by atoms with Crippen LogP contribution in [0.15, 0.2) is 24.7 Å². The van der Waals surface area contributed by atoms with Gasteiger partial charge in [-0.2, -0.15) is 5.10 Å². The first-order chi connectivity index (χ1) is 10.8. The van der Waals surface area contributed by atoms with Gasteiger partial charge in [0.2, 0.25) is 11.7 Å². The third-order valence-electron chi connectivity index (χ3n) is 3.69. The van der Waals surface area contributed by atoms with Crippen molar-refractivity contribution in [3.8, 4) is 5.88 Å². The number of carbonyl (C=O) groups excluding carboxylic acids is 1. The molecule has 0 aliphatic carbocycles. The van der Waals surface area contributed by atoms with Crippen LogP contribution in [0.2, 0.25) is 0 Å². The van der Waals surface area contributed by atoms with Crippen LogP contribution in [0.3, 0.4) is 0 Å². The van der Waals surface area contributed by atoms with E-state index in [-0.39, 0.29) is 5.91 Å². The van der Waals surface area contributed by atoms with E-state index in [4.69, 9.17) is 4.74 Å². The highest BCUT2D eigenvalue weighted by molar-refractivity contribution is 5.90. The molecule has 3 rings (SSSR count). The number of pyridine rings is 1. The molecule has 1 saturated heterocycles. The molecule has 0 saturated carbocycles. The lowest BCUT2D eigenvalue weighted by Gasteiger charge is -2.34. The normalized spacial score (nSPS) is 15.8. The molecule has 1 aliphatic heterocycles. The SMILES string of the molecule is COc1ccc(CN2CCN(C(=O)c3ncn[nH]3)CC2)cn1. The predicted molar refractivity (Wildman–Crippen MR) is 78.4 cm³/mol. The minimum atomic E-state index is -0.0942. The minimum Gasteiger partial charge on any atom is -0.481 e. The van der Waals surface area contributed by atoms with Crippen LogP contribution in [-0.2, 0) is 6.54 Å². The van der Waals surface area contributed by atoms with Crippen LogP contribution in [0.4, 0.5) is 0 Å². The van der Waals surface area contributed by atoms with Crippen molar-refractivity contribution >= 4 is 5.91 Å². The fraction of sp³-hybridized carbons (Fsp3) is 0.429. The third-order valence-corrected chi connectivity index (χ3v) is 3.69. The number of hydrogen-bond acceptors (Lipinski definition) is 6. The van der Waals surface area contributed by atoms with E-state index in [2.05, 4.69) is 25.1 Å². The first-order valence-electron chi connectivity index (χ1n) is 7.12. The molecule has 22 heavy (non-hydrogen) atoms. The largest absolute Gasteiger partial charge is 0.481 e. The summed E-state index contributed by atoms with van der Waals surface area (Å²) in [6.07, 6.45) is 3.17. The van der Waals surface area contributed by atoms with Gasteiger partial charge in [0.15, 0.2) is 0 Å². The minimum absolute atomic E-state index is 0.0942. The zero-order valence-corrected chi connectivity index (χ0v) is 12.4. The molecule has 2 aromatic heterocycles. The highest BCUT2D eigenvalue weighted by atomic mass is 16.5. The van der Waals surface area contributed by atoms with Crippen molar-refractivity contribution < 1.29 is 9.53 Å². The predicted octanol–water partition coefficient (Wildman–Crippen LogP) is 0.166. The molecule has 0 bridgehead atoms. The number of H-pyrrole nitrogens is 1. The van der Waals surface area contributed by atoms with Gasteiger partial charge in [0.05, 0.1) is 7.11 Å². The van der Waals surface area contributed by atoms with Crippen molar-refractivity contribution in [2.45, 2.75) is 6.54 Å². The highest BCUT2D eigenvalue weighted by Crippen LogP contribution is 2.12. The number of amides is 1. The average Bonchev–Trinajstić information content (AvgIpc) is 3.10. The van der Waals surface area contributed by atoms with Crippen LogP contribution < -0.4 is 4.74 Å². The van der Waals surface area contributed by atoms with Crippen molar-refractivity contribution in [1.82, 2.24) is 30.0 Å². The van der Waals surface area contributed by atoms with Crippen LogP contribution in [0.5, 0.6) is 5.88 Å². The summed E-state index contributed by atoms with van der Waals surface area (Å²) < 4.78 is 5.05. The molecule has 8 heteroatoms. The van der Waals surface area contributed by atoms with Gasteiger partial charge in [-0.05, 0) is 5.56 Å². The number of hydrogen-bond donors (Lipinski definition) is 1. The number of nitrogens with zero attached hydrogens (tertiary/aromatic N) is 5. The number of piperazine rings is 1. The Balaban J connectivity index is 1.52. The number of aromatic nitrogens is 4. The standard InChI is InChI=1S/C14H18N6O2/c1-22-12-3-2-11(8-15-12)9-19-4-6-20(7-5-19)14(21)13-16-10-17-18-13/h2-3,8,10H,4-7,9H2,1H3,(H,16,17,18). The van der Waals surface area contributed by atoms with Crippen LogP contribution in [0.1, 0.15) is 16.2 Å². The smallest absolute Gasteiger partial charge is 0.291 e. The van der Waals surface area contributed by atoms with E-state index in [1.807, 2.05) is 18.3 Å². The molecule has 116 valence electrons. The first-order valence-corrected chi connectivity index (χ1v) is 7.12. The maximum absolute atomic E-state index is 12.1. The number of methoxy groups -OCH3 is 1. The van der Waals surface area contributed by atoms with Gasteiger partial charge >= 0.3 is 0 Å². The third kappa shape index (κ3) is 3.22. The zero-order valence-electron chi connectivity index (χ0n) is 12.4. The summed E-state index contributed by atoms with van der Waals surface area (Å²) in [6.45, 7) is 3.84. The van der Waals surface area contributed by atoms with E-state index >= 15 is 0 Å². The number of ether oxygens (including phenoxy) is 1. The van der Waals surface area contributed by atoms with Gasteiger partial charge in [-0.25, -0.2) is 9.97 Å². The van der Waals surface area contributed by atoms with Crippen LogP contribution in [0, 0.1) is 0 Å². The summed E-state index contributed by atoms with van der Waals surface area (Å²) in [5, 5.41) is 6.32. The second kappa shape index (κ2) is 6.52. The van der Waals surface area contributed by atoms with Gasteiger partial charge in [0.25, 0.3) is 5.91 Å². The molecule has 1 N–H and O–H groups in total. The summed E-state index contributed by atoms with van der Waals surface area (Å²) in [4.78, 5) is 24.3. The summed E-state index contributed by atoms with van der Waals surface area (Å²) in [6, 6.07) is 3.87. The summed E-state index contributed by atoms with van der Waals surface area (Å²) in [7, 11) is 1.60. The molecule has 0 radical (unpaired) electrons. The summed E-state index contributed by atoms with van der Waals surface area (Å²) in [5.41, 5.74) is 1.14. The van der Waals surface area contributed by atoms with Gasteiger partial charge in [-0.1, -0.05) is 6.07 Å². The maximum atomic E-state index is 12.1. The number of carbonyl (C=O) groups is 1. The Morgan fingerprint density at radius 2 is 2.09 bits per heavy atom. The van der Waals surface area contributed by atoms with Crippen molar-refractivity contribution in [2.24, 2.45) is 0 Å².